The fraction of sp³-hybridized carbons (Fsp3) is 0.300. The Morgan fingerprint density at radius 2 is 2.08 bits per heavy atom. The van der Waals surface area contributed by atoms with Crippen LogP contribution in [0.3, 0.4) is 0 Å². The van der Waals surface area contributed by atoms with Crippen LogP contribution in [0.25, 0.3) is 0 Å². The summed E-state index contributed by atoms with van der Waals surface area (Å²) in [5.74, 6) is 0. The molecule has 0 aliphatic carbocycles. The molecule has 0 aromatic carbocycles. The van der Waals surface area contributed by atoms with Crippen LogP contribution in [0, 0.1) is 0 Å². The van der Waals surface area contributed by atoms with Crippen LogP contribution in [0.5, 0.6) is 0 Å². The van der Waals surface area contributed by atoms with E-state index in [1.807, 2.05) is 18.5 Å². The lowest BCUT2D eigenvalue weighted by molar-refractivity contribution is 0.728. The first-order valence-electron chi connectivity index (χ1n) is 4.22. The highest BCUT2D eigenvalue weighted by Gasteiger charge is 2.22. The van der Waals surface area contributed by atoms with Gasteiger partial charge >= 0.3 is 0 Å². The maximum absolute atomic E-state index is 4.11. The third-order valence-electron chi connectivity index (χ3n) is 2.19. The van der Waals surface area contributed by atoms with Crippen molar-refractivity contribution in [3.8, 4) is 0 Å². The van der Waals surface area contributed by atoms with Gasteiger partial charge in [0.15, 0.2) is 0 Å². The molecule has 1 aromatic heterocycles. The molecule has 3 nitrogen and oxygen atoms in total. The summed E-state index contributed by atoms with van der Waals surface area (Å²) < 4.78 is 0. The van der Waals surface area contributed by atoms with E-state index in [9.17, 15) is 0 Å². The van der Waals surface area contributed by atoms with Crippen LogP contribution < -0.4 is 0 Å². The van der Waals surface area contributed by atoms with Gasteiger partial charge in [-0.25, -0.2) is 0 Å². The Morgan fingerprint density at radius 1 is 1.23 bits per heavy atom. The first kappa shape index (κ1) is 8.10. The summed E-state index contributed by atoms with van der Waals surface area (Å²) in [6.45, 7) is 4.21. The predicted molar refractivity (Wildman–Crippen MR) is 53.3 cm³/mol. The Kier molecular flexibility index (Phi) is 1.72. The molecule has 0 N–H and O–H groups in total. The minimum Gasteiger partial charge on any atom is -0.264 e. The Bertz CT molecular complexity index is 378. The summed E-state index contributed by atoms with van der Waals surface area (Å²) in [6.07, 6.45) is 7.25. The molecule has 0 fully saturated rings. The maximum Gasteiger partial charge on any atom is 0.0572 e. The first-order valence-corrected chi connectivity index (χ1v) is 4.22. The molecule has 1 aromatic rings. The van der Waals surface area contributed by atoms with Crippen LogP contribution >= 0.6 is 0 Å². The van der Waals surface area contributed by atoms with Gasteiger partial charge < -0.3 is 0 Å². The quantitative estimate of drug-likeness (QED) is 0.589. The van der Waals surface area contributed by atoms with Gasteiger partial charge in [0.25, 0.3) is 0 Å². The third kappa shape index (κ3) is 1.37. The van der Waals surface area contributed by atoms with E-state index in [4.69, 9.17) is 0 Å². The average Bonchev–Trinajstić information content (AvgIpc) is 2.26. The van der Waals surface area contributed by atoms with Crippen LogP contribution in [0.15, 0.2) is 28.7 Å². The molecule has 3 heteroatoms. The van der Waals surface area contributed by atoms with Gasteiger partial charge in [0.1, 0.15) is 0 Å². The average molecular weight is 173 g/mol. The van der Waals surface area contributed by atoms with Crippen molar-refractivity contribution in [2.24, 2.45) is 10.2 Å². The summed E-state index contributed by atoms with van der Waals surface area (Å²) >= 11 is 0. The smallest absolute Gasteiger partial charge is 0.0572 e. The van der Waals surface area contributed by atoms with Gasteiger partial charge in [0.2, 0.25) is 0 Å². The van der Waals surface area contributed by atoms with Crippen molar-refractivity contribution in [3.63, 3.8) is 0 Å². The molecule has 66 valence electrons. The topological polar surface area (TPSA) is 37.6 Å². The van der Waals surface area contributed by atoms with E-state index in [2.05, 4.69) is 29.0 Å². The van der Waals surface area contributed by atoms with E-state index in [1.54, 1.807) is 12.4 Å². The molecular weight excluding hydrogens is 162 g/mol. The number of nitrogens with zero attached hydrogens (tertiary/aromatic N) is 3. The lowest BCUT2D eigenvalue weighted by Gasteiger charge is -2.19. The summed E-state index contributed by atoms with van der Waals surface area (Å²) in [7, 11) is 0. The Hall–Kier alpha value is -1.51. The molecule has 1 aliphatic rings. The van der Waals surface area contributed by atoms with Gasteiger partial charge in [-0.15, -0.1) is 0 Å². The fourth-order valence-corrected chi connectivity index (χ4v) is 1.40. The van der Waals surface area contributed by atoms with Crippen molar-refractivity contribution in [2.45, 2.75) is 19.3 Å². The molecule has 0 saturated heterocycles. The Balaban J connectivity index is 2.64. The number of rotatable bonds is 0. The highest BCUT2D eigenvalue weighted by atomic mass is 15.2. The number of hydrogen-bond acceptors (Lipinski definition) is 3. The van der Waals surface area contributed by atoms with Crippen molar-refractivity contribution in [3.05, 3.63) is 29.6 Å². The van der Waals surface area contributed by atoms with Crippen molar-refractivity contribution in [2.75, 3.05) is 0 Å². The third-order valence-corrected chi connectivity index (χ3v) is 2.19. The molecule has 1 aliphatic heterocycles. The largest absolute Gasteiger partial charge is 0.264 e. The van der Waals surface area contributed by atoms with Crippen LogP contribution in [0.2, 0.25) is 0 Å². The Labute approximate surface area is 77.2 Å². The minimum atomic E-state index is -0.0832. The molecule has 2 rings (SSSR count). The van der Waals surface area contributed by atoms with E-state index in [1.165, 1.54) is 5.56 Å². The second-order valence-corrected chi connectivity index (χ2v) is 3.67. The highest BCUT2D eigenvalue weighted by molar-refractivity contribution is 5.87. The lowest BCUT2D eigenvalue weighted by atomic mass is 9.84. The standard InChI is InChI=1S/C10H11N3/c1-10(2)7-13-12-5-8-3-4-11-6-9(8)10/h3-7H,1-2H3. The summed E-state index contributed by atoms with van der Waals surface area (Å²) in [4.78, 5) is 4.11. The summed E-state index contributed by atoms with van der Waals surface area (Å²) in [6, 6.07) is 1.95. The van der Waals surface area contributed by atoms with E-state index < -0.39 is 0 Å². The molecule has 0 saturated carbocycles. The zero-order valence-corrected chi connectivity index (χ0v) is 7.73. The monoisotopic (exact) mass is 173 g/mol. The van der Waals surface area contributed by atoms with E-state index in [-0.39, 0.29) is 5.41 Å². The number of fused-ring (bicyclic) bond motifs is 1. The minimum absolute atomic E-state index is 0.0832. The van der Waals surface area contributed by atoms with E-state index >= 15 is 0 Å². The van der Waals surface area contributed by atoms with E-state index in [0.29, 0.717) is 0 Å². The van der Waals surface area contributed by atoms with Crippen molar-refractivity contribution in [1.82, 2.24) is 4.98 Å². The fourth-order valence-electron chi connectivity index (χ4n) is 1.40. The second-order valence-electron chi connectivity index (χ2n) is 3.67. The van der Waals surface area contributed by atoms with Crippen molar-refractivity contribution < 1.29 is 0 Å². The second kappa shape index (κ2) is 2.76. The Morgan fingerprint density at radius 3 is 2.92 bits per heavy atom. The molecule has 0 unspecified atom stereocenters. The van der Waals surface area contributed by atoms with Crippen LogP contribution in [-0.2, 0) is 5.41 Å². The number of pyridine rings is 1. The molecule has 0 atom stereocenters. The summed E-state index contributed by atoms with van der Waals surface area (Å²) in [5.41, 5.74) is 2.18. The zero-order chi connectivity index (χ0) is 9.31. The van der Waals surface area contributed by atoms with Crippen molar-refractivity contribution >= 4 is 12.4 Å². The van der Waals surface area contributed by atoms with Gasteiger partial charge in [0, 0.05) is 29.6 Å². The van der Waals surface area contributed by atoms with E-state index in [0.717, 1.165) is 5.56 Å². The SMILES string of the molecule is CC1(C)C=NN=Cc2ccncc21. The van der Waals surface area contributed by atoms with Gasteiger partial charge in [0.05, 0.1) is 6.21 Å². The number of hydrogen-bond donors (Lipinski definition) is 0. The van der Waals surface area contributed by atoms with Gasteiger partial charge in [-0.3, -0.25) is 4.98 Å². The molecule has 2 heterocycles. The first-order chi connectivity index (χ1) is 6.20. The van der Waals surface area contributed by atoms with Gasteiger partial charge in [-0.05, 0) is 11.6 Å². The number of aromatic nitrogens is 1. The molecule has 0 radical (unpaired) electrons. The highest BCUT2D eigenvalue weighted by Crippen LogP contribution is 2.24. The molecule has 13 heavy (non-hydrogen) atoms. The normalized spacial score (nSPS) is 18.0. The van der Waals surface area contributed by atoms with Crippen molar-refractivity contribution in [1.29, 1.82) is 0 Å². The summed E-state index contributed by atoms with van der Waals surface area (Å²) in [5, 5.41) is 7.88. The zero-order valence-electron chi connectivity index (χ0n) is 7.73. The lowest BCUT2D eigenvalue weighted by Crippen LogP contribution is -2.20. The van der Waals surface area contributed by atoms with Gasteiger partial charge in [-0.2, -0.15) is 10.2 Å². The predicted octanol–water partition coefficient (Wildman–Crippen LogP) is 1.78. The van der Waals surface area contributed by atoms with Crippen LogP contribution in [0.1, 0.15) is 25.0 Å². The molecule has 0 bridgehead atoms. The molecular formula is C10H11N3. The van der Waals surface area contributed by atoms with Gasteiger partial charge in [-0.1, -0.05) is 13.8 Å². The van der Waals surface area contributed by atoms with Crippen LogP contribution in [-0.4, -0.2) is 17.4 Å². The molecule has 0 spiro atoms. The maximum atomic E-state index is 4.11. The van der Waals surface area contributed by atoms with Crippen LogP contribution in [0.4, 0.5) is 0 Å². The molecule has 0 amide bonds.